The van der Waals surface area contributed by atoms with Crippen molar-refractivity contribution in [2.45, 2.75) is 12.6 Å². The van der Waals surface area contributed by atoms with Crippen LogP contribution >= 0.6 is 0 Å². The van der Waals surface area contributed by atoms with Gasteiger partial charge in [0, 0.05) is 17.9 Å². The van der Waals surface area contributed by atoms with E-state index in [0.717, 1.165) is 19.0 Å². The van der Waals surface area contributed by atoms with Crippen molar-refractivity contribution in [1.29, 1.82) is 0 Å². The third-order valence-electron chi connectivity index (χ3n) is 2.47. The first-order valence-electron chi connectivity index (χ1n) is 5.66. The molecule has 1 aromatic rings. The van der Waals surface area contributed by atoms with Gasteiger partial charge in [-0.1, -0.05) is 0 Å². The van der Waals surface area contributed by atoms with Crippen molar-refractivity contribution in [3.05, 3.63) is 23.8 Å². The molecular formula is C12H18F3N3. The molecule has 6 heteroatoms. The van der Waals surface area contributed by atoms with Gasteiger partial charge in [-0.05, 0) is 45.3 Å². The summed E-state index contributed by atoms with van der Waals surface area (Å²) >= 11 is 0. The van der Waals surface area contributed by atoms with Gasteiger partial charge in [-0.3, -0.25) is 0 Å². The Morgan fingerprint density at radius 2 is 1.94 bits per heavy atom. The summed E-state index contributed by atoms with van der Waals surface area (Å²) in [6, 6.07) is 3.88. The molecule has 0 unspecified atom stereocenters. The Bertz CT molecular complexity index is 389. The Morgan fingerprint density at radius 3 is 2.50 bits per heavy atom. The molecule has 102 valence electrons. The Labute approximate surface area is 105 Å². The Morgan fingerprint density at radius 1 is 1.28 bits per heavy atom. The minimum atomic E-state index is -4.41. The van der Waals surface area contributed by atoms with Crippen molar-refractivity contribution in [2.75, 3.05) is 38.2 Å². The first-order valence-corrected chi connectivity index (χ1v) is 5.66. The van der Waals surface area contributed by atoms with Gasteiger partial charge in [0.1, 0.15) is 0 Å². The average Bonchev–Trinajstić information content (AvgIpc) is 2.24. The third-order valence-corrected chi connectivity index (χ3v) is 2.47. The van der Waals surface area contributed by atoms with E-state index in [1.165, 1.54) is 6.07 Å². The van der Waals surface area contributed by atoms with Gasteiger partial charge < -0.3 is 16.0 Å². The highest BCUT2D eigenvalue weighted by atomic mass is 19.4. The number of halogens is 3. The van der Waals surface area contributed by atoms with Crippen LogP contribution in [0.1, 0.15) is 12.0 Å². The lowest BCUT2D eigenvalue weighted by Crippen LogP contribution is -2.16. The molecule has 0 aliphatic rings. The van der Waals surface area contributed by atoms with Crippen molar-refractivity contribution in [3.63, 3.8) is 0 Å². The molecule has 0 aliphatic carbocycles. The second-order valence-electron chi connectivity index (χ2n) is 4.38. The van der Waals surface area contributed by atoms with Crippen LogP contribution in [-0.2, 0) is 6.18 Å². The molecule has 0 aromatic heterocycles. The van der Waals surface area contributed by atoms with Crippen molar-refractivity contribution < 1.29 is 13.2 Å². The molecule has 0 amide bonds. The van der Waals surface area contributed by atoms with E-state index >= 15 is 0 Å². The minimum Gasteiger partial charge on any atom is -0.398 e. The molecule has 0 saturated carbocycles. The summed E-state index contributed by atoms with van der Waals surface area (Å²) in [7, 11) is 3.90. The van der Waals surface area contributed by atoms with Crippen LogP contribution < -0.4 is 11.1 Å². The number of hydrogen-bond donors (Lipinski definition) is 2. The SMILES string of the molecule is CN(C)CCCNc1ccc(N)c(C(F)(F)F)c1. The van der Waals surface area contributed by atoms with Gasteiger partial charge in [-0.15, -0.1) is 0 Å². The molecule has 0 heterocycles. The summed E-state index contributed by atoms with van der Waals surface area (Å²) in [6.45, 7) is 1.51. The van der Waals surface area contributed by atoms with E-state index in [1.807, 2.05) is 19.0 Å². The fourth-order valence-corrected chi connectivity index (χ4v) is 1.54. The Balaban J connectivity index is 2.63. The van der Waals surface area contributed by atoms with Crippen molar-refractivity contribution in [3.8, 4) is 0 Å². The smallest absolute Gasteiger partial charge is 0.398 e. The minimum absolute atomic E-state index is 0.249. The van der Waals surface area contributed by atoms with Crippen molar-refractivity contribution >= 4 is 11.4 Å². The zero-order valence-electron chi connectivity index (χ0n) is 10.5. The molecule has 3 nitrogen and oxygen atoms in total. The summed E-state index contributed by atoms with van der Waals surface area (Å²) in [5.74, 6) is 0. The summed E-state index contributed by atoms with van der Waals surface area (Å²) in [6.07, 6.45) is -3.55. The fourth-order valence-electron chi connectivity index (χ4n) is 1.54. The van der Waals surface area contributed by atoms with Crippen LogP contribution in [0.25, 0.3) is 0 Å². The highest BCUT2D eigenvalue weighted by molar-refractivity contribution is 5.58. The molecule has 0 atom stereocenters. The van der Waals surface area contributed by atoms with Gasteiger partial charge in [0.25, 0.3) is 0 Å². The van der Waals surface area contributed by atoms with Crippen molar-refractivity contribution in [2.24, 2.45) is 0 Å². The number of nitrogens with one attached hydrogen (secondary N) is 1. The normalized spacial score (nSPS) is 11.9. The molecule has 0 radical (unpaired) electrons. The number of nitrogens with two attached hydrogens (primary N) is 1. The van der Waals surface area contributed by atoms with E-state index < -0.39 is 11.7 Å². The van der Waals surface area contributed by atoms with E-state index in [-0.39, 0.29) is 5.69 Å². The maximum Gasteiger partial charge on any atom is 0.418 e. The number of nitrogens with zero attached hydrogens (tertiary/aromatic N) is 1. The van der Waals surface area contributed by atoms with Gasteiger partial charge in [-0.2, -0.15) is 13.2 Å². The Hall–Kier alpha value is -1.43. The largest absolute Gasteiger partial charge is 0.418 e. The van der Waals surface area contributed by atoms with Gasteiger partial charge in [0.15, 0.2) is 0 Å². The number of rotatable bonds is 5. The molecule has 1 aromatic carbocycles. The number of benzene rings is 1. The van der Waals surface area contributed by atoms with Gasteiger partial charge >= 0.3 is 6.18 Å². The molecule has 0 bridgehead atoms. The molecular weight excluding hydrogens is 243 g/mol. The lowest BCUT2D eigenvalue weighted by Gasteiger charge is -2.14. The molecule has 1 rings (SSSR count). The van der Waals surface area contributed by atoms with Crippen LogP contribution in [0, 0.1) is 0 Å². The average molecular weight is 261 g/mol. The molecule has 0 aliphatic heterocycles. The van der Waals surface area contributed by atoms with Crippen LogP contribution in [0.4, 0.5) is 24.5 Å². The zero-order chi connectivity index (χ0) is 13.8. The van der Waals surface area contributed by atoms with Crippen LogP contribution in [0.2, 0.25) is 0 Å². The first kappa shape index (κ1) is 14.6. The quantitative estimate of drug-likeness (QED) is 0.632. The van der Waals surface area contributed by atoms with Crippen LogP contribution in [0.3, 0.4) is 0 Å². The Kier molecular flexibility index (Phi) is 4.84. The second-order valence-corrected chi connectivity index (χ2v) is 4.38. The van der Waals surface area contributed by atoms with Crippen LogP contribution in [-0.4, -0.2) is 32.1 Å². The van der Waals surface area contributed by atoms with E-state index in [2.05, 4.69) is 5.32 Å². The molecule has 18 heavy (non-hydrogen) atoms. The van der Waals surface area contributed by atoms with Gasteiger partial charge in [0.2, 0.25) is 0 Å². The maximum absolute atomic E-state index is 12.6. The third kappa shape index (κ3) is 4.44. The zero-order valence-corrected chi connectivity index (χ0v) is 10.5. The highest BCUT2D eigenvalue weighted by Crippen LogP contribution is 2.35. The summed E-state index contributed by atoms with van der Waals surface area (Å²) in [4.78, 5) is 2.02. The molecule has 0 fully saturated rings. The maximum atomic E-state index is 12.6. The van der Waals surface area contributed by atoms with Gasteiger partial charge in [-0.25, -0.2) is 0 Å². The lowest BCUT2D eigenvalue weighted by atomic mass is 10.1. The monoisotopic (exact) mass is 261 g/mol. The predicted molar refractivity (Wildman–Crippen MR) is 67.5 cm³/mol. The van der Waals surface area contributed by atoms with Crippen LogP contribution in [0.15, 0.2) is 18.2 Å². The summed E-state index contributed by atoms with van der Waals surface area (Å²) in [5.41, 5.74) is 4.72. The predicted octanol–water partition coefficient (Wildman–Crippen LogP) is 2.65. The first-order chi connectivity index (χ1) is 8.30. The summed E-state index contributed by atoms with van der Waals surface area (Å²) in [5, 5.41) is 2.96. The summed E-state index contributed by atoms with van der Waals surface area (Å²) < 4.78 is 37.8. The molecule has 3 N–H and O–H groups in total. The van der Waals surface area contributed by atoms with E-state index in [4.69, 9.17) is 5.73 Å². The lowest BCUT2D eigenvalue weighted by molar-refractivity contribution is -0.136. The molecule has 0 spiro atoms. The molecule has 0 saturated heterocycles. The van der Waals surface area contributed by atoms with E-state index in [1.54, 1.807) is 6.07 Å². The number of alkyl halides is 3. The van der Waals surface area contributed by atoms with Gasteiger partial charge in [0.05, 0.1) is 5.56 Å². The topological polar surface area (TPSA) is 41.3 Å². The van der Waals surface area contributed by atoms with E-state index in [9.17, 15) is 13.2 Å². The van der Waals surface area contributed by atoms with E-state index in [0.29, 0.717) is 12.2 Å². The number of hydrogen-bond acceptors (Lipinski definition) is 3. The second kappa shape index (κ2) is 5.95. The fraction of sp³-hybridized carbons (Fsp3) is 0.500. The van der Waals surface area contributed by atoms with Crippen LogP contribution in [0.5, 0.6) is 0 Å². The highest BCUT2D eigenvalue weighted by Gasteiger charge is 2.33. The van der Waals surface area contributed by atoms with Crippen molar-refractivity contribution in [1.82, 2.24) is 4.90 Å². The number of nitrogen functional groups attached to an aromatic ring is 1. The standard InChI is InChI=1S/C12H18F3N3/c1-18(2)7-3-6-17-9-4-5-11(16)10(8-9)12(13,14)15/h4-5,8,17H,3,6-7,16H2,1-2H3. The number of anilines is 2.